The summed E-state index contributed by atoms with van der Waals surface area (Å²) in [5.41, 5.74) is 2.25. The minimum atomic E-state index is -0.171. The highest BCUT2D eigenvalue weighted by Gasteiger charge is 2.05. The van der Waals surface area contributed by atoms with Crippen LogP contribution in [0.5, 0.6) is 0 Å². The average Bonchev–Trinajstić information content (AvgIpc) is 2.38. The lowest BCUT2D eigenvalue weighted by Crippen LogP contribution is -2.27. The lowest BCUT2D eigenvalue weighted by molar-refractivity contribution is 0.542. The summed E-state index contributed by atoms with van der Waals surface area (Å²) < 4.78 is 14.2. The molecule has 1 N–H and O–H groups in total. The molecule has 0 aliphatic heterocycles. The molecule has 0 radical (unpaired) electrons. The summed E-state index contributed by atoms with van der Waals surface area (Å²) in [6.45, 7) is 2.92. The molecule has 0 fully saturated rings. The summed E-state index contributed by atoms with van der Waals surface area (Å²) in [5.74, 6) is -0.171. The van der Waals surface area contributed by atoms with Crippen LogP contribution in [-0.2, 0) is 13.0 Å². The van der Waals surface area contributed by atoms with Gasteiger partial charge in [-0.2, -0.15) is 0 Å². The molecule has 0 amide bonds. The molecular weight excluding hydrogens is 305 g/mol. The van der Waals surface area contributed by atoms with Gasteiger partial charge in [0.25, 0.3) is 0 Å². The quantitative estimate of drug-likeness (QED) is 0.865. The van der Waals surface area contributed by atoms with Crippen molar-refractivity contribution in [3.63, 3.8) is 0 Å². The Labute approximate surface area is 122 Å². The van der Waals surface area contributed by atoms with Crippen LogP contribution >= 0.6 is 15.9 Å². The van der Waals surface area contributed by atoms with Crippen LogP contribution in [0.3, 0.4) is 0 Å². The Bertz CT molecular complexity index is 542. The number of hydrogen-bond acceptors (Lipinski definition) is 1. The second-order valence-corrected chi connectivity index (χ2v) is 5.56. The van der Waals surface area contributed by atoms with Crippen molar-refractivity contribution in [3.8, 4) is 0 Å². The minimum absolute atomic E-state index is 0.171. The van der Waals surface area contributed by atoms with Gasteiger partial charge in [0, 0.05) is 17.1 Å². The van der Waals surface area contributed by atoms with Crippen LogP contribution in [0.1, 0.15) is 18.1 Å². The van der Waals surface area contributed by atoms with Gasteiger partial charge in [-0.05, 0) is 42.7 Å². The molecule has 0 saturated heterocycles. The number of benzene rings is 2. The van der Waals surface area contributed by atoms with Crippen LogP contribution in [0.4, 0.5) is 4.39 Å². The summed E-state index contributed by atoms with van der Waals surface area (Å²) in [6, 6.07) is 15.2. The fraction of sp³-hybridized carbons (Fsp3) is 0.250. The molecule has 1 nitrogen and oxygen atoms in total. The molecule has 1 atom stereocenters. The number of nitrogens with one attached hydrogen (secondary N) is 1. The molecule has 2 aromatic rings. The Morgan fingerprint density at radius 1 is 1.16 bits per heavy atom. The predicted molar refractivity (Wildman–Crippen MR) is 80.5 cm³/mol. The van der Waals surface area contributed by atoms with Gasteiger partial charge in [0.1, 0.15) is 5.82 Å². The second-order valence-electron chi connectivity index (χ2n) is 4.71. The third-order valence-corrected chi connectivity index (χ3v) is 3.80. The average molecular weight is 322 g/mol. The predicted octanol–water partition coefficient (Wildman–Crippen LogP) is 4.31. The first-order chi connectivity index (χ1) is 9.15. The van der Waals surface area contributed by atoms with Crippen LogP contribution in [-0.4, -0.2) is 6.04 Å². The lowest BCUT2D eigenvalue weighted by atomic mass is 10.1. The molecule has 2 aromatic carbocycles. The topological polar surface area (TPSA) is 12.0 Å². The van der Waals surface area contributed by atoms with E-state index in [0.29, 0.717) is 6.04 Å². The van der Waals surface area contributed by atoms with Crippen molar-refractivity contribution >= 4 is 15.9 Å². The number of rotatable bonds is 5. The minimum Gasteiger partial charge on any atom is -0.310 e. The highest BCUT2D eigenvalue weighted by molar-refractivity contribution is 9.10. The Morgan fingerprint density at radius 2 is 1.95 bits per heavy atom. The first-order valence-electron chi connectivity index (χ1n) is 6.36. The molecule has 19 heavy (non-hydrogen) atoms. The first kappa shape index (κ1) is 14.2. The molecule has 0 saturated carbocycles. The van der Waals surface area contributed by atoms with Gasteiger partial charge in [0.2, 0.25) is 0 Å². The van der Waals surface area contributed by atoms with Crippen molar-refractivity contribution in [1.29, 1.82) is 0 Å². The summed E-state index contributed by atoms with van der Waals surface area (Å²) in [4.78, 5) is 0. The highest BCUT2D eigenvalue weighted by atomic mass is 79.9. The summed E-state index contributed by atoms with van der Waals surface area (Å²) in [6.07, 6.45) is 0.822. The molecule has 0 bridgehead atoms. The number of halogens is 2. The third kappa shape index (κ3) is 4.44. The van der Waals surface area contributed by atoms with Crippen LogP contribution in [0.2, 0.25) is 0 Å². The van der Waals surface area contributed by atoms with Gasteiger partial charge in [-0.25, -0.2) is 4.39 Å². The molecule has 0 aliphatic rings. The van der Waals surface area contributed by atoms with Gasteiger partial charge in [-0.3, -0.25) is 0 Å². The molecule has 0 spiro atoms. The SMILES string of the molecule is CC(Cc1cccc(F)c1)NCc1ccccc1Br. The van der Waals surface area contributed by atoms with Crippen molar-refractivity contribution in [1.82, 2.24) is 5.32 Å². The van der Waals surface area contributed by atoms with Crippen molar-refractivity contribution in [3.05, 3.63) is 69.9 Å². The van der Waals surface area contributed by atoms with Gasteiger partial charge in [0.15, 0.2) is 0 Å². The molecule has 3 heteroatoms. The fourth-order valence-electron chi connectivity index (χ4n) is 2.02. The highest BCUT2D eigenvalue weighted by Crippen LogP contribution is 2.15. The van der Waals surface area contributed by atoms with Crippen LogP contribution < -0.4 is 5.32 Å². The van der Waals surface area contributed by atoms with Crippen molar-refractivity contribution in [2.75, 3.05) is 0 Å². The van der Waals surface area contributed by atoms with E-state index in [4.69, 9.17) is 0 Å². The zero-order chi connectivity index (χ0) is 13.7. The Hall–Kier alpha value is -1.19. The van der Waals surface area contributed by atoms with Gasteiger partial charge in [-0.15, -0.1) is 0 Å². The van der Waals surface area contributed by atoms with E-state index in [2.05, 4.69) is 34.2 Å². The molecule has 1 unspecified atom stereocenters. The summed E-state index contributed by atoms with van der Waals surface area (Å²) in [7, 11) is 0. The maximum atomic E-state index is 13.1. The second kappa shape index (κ2) is 6.83. The molecule has 2 rings (SSSR count). The normalized spacial score (nSPS) is 12.4. The zero-order valence-corrected chi connectivity index (χ0v) is 12.5. The molecule has 0 heterocycles. The maximum absolute atomic E-state index is 13.1. The van der Waals surface area contributed by atoms with E-state index >= 15 is 0 Å². The van der Waals surface area contributed by atoms with E-state index in [1.165, 1.54) is 11.6 Å². The number of hydrogen-bond donors (Lipinski definition) is 1. The van der Waals surface area contributed by atoms with Gasteiger partial charge >= 0.3 is 0 Å². The van der Waals surface area contributed by atoms with E-state index < -0.39 is 0 Å². The fourth-order valence-corrected chi connectivity index (χ4v) is 2.44. The van der Waals surface area contributed by atoms with E-state index in [0.717, 1.165) is 23.0 Å². The van der Waals surface area contributed by atoms with Crippen LogP contribution in [0.25, 0.3) is 0 Å². The van der Waals surface area contributed by atoms with Crippen LogP contribution in [0, 0.1) is 5.82 Å². The zero-order valence-electron chi connectivity index (χ0n) is 10.9. The van der Waals surface area contributed by atoms with Crippen molar-refractivity contribution < 1.29 is 4.39 Å². The van der Waals surface area contributed by atoms with E-state index in [1.54, 1.807) is 12.1 Å². The molecule has 0 aliphatic carbocycles. The van der Waals surface area contributed by atoms with Crippen molar-refractivity contribution in [2.45, 2.75) is 25.9 Å². The molecule has 100 valence electrons. The standard InChI is InChI=1S/C16H17BrFN/c1-12(9-13-5-4-7-15(18)10-13)19-11-14-6-2-3-8-16(14)17/h2-8,10,12,19H,9,11H2,1H3. The van der Waals surface area contributed by atoms with Crippen LogP contribution in [0.15, 0.2) is 53.0 Å². The van der Waals surface area contributed by atoms with E-state index in [-0.39, 0.29) is 5.82 Å². The maximum Gasteiger partial charge on any atom is 0.123 e. The van der Waals surface area contributed by atoms with Gasteiger partial charge in [0.05, 0.1) is 0 Å². The summed E-state index contributed by atoms with van der Waals surface area (Å²) >= 11 is 3.53. The Morgan fingerprint density at radius 3 is 2.68 bits per heavy atom. The van der Waals surface area contributed by atoms with Gasteiger partial charge < -0.3 is 5.32 Å². The Kier molecular flexibility index (Phi) is 5.11. The summed E-state index contributed by atoms with van der Waals surface area (Å²) in [5, 5.41) is 3.46. The third-order valence-electron chi connectivity index (χ3n) is 3.03. The first-order valence-corrected chi connectivity index (χ1v) is 7.15. The van der Waals surface area contributed by atoms with Gasteiger partial charge in [-0.1, -0.05) is 46.3 Å². The monoisotopic (exact) mass is 321 g/mol. The van der Waals surface area contributed by atoms with Crippen molar-refractivity contribution in [2.24, 2.45) is 0 Å². The molecule has 0 aromatic heterocycles. The lowest BCUT2D eigenvalue weighted by Gasteiger charge is -2.14. The smallest absolute Gasteiger partial charge is 0.123 e. The Balaban J connectivity index is 1.88. The molecular formula is C16H17BrFN. The van der Waals surface area contributed by atoms with E-state index in [1.807, 2.05) is 24.3 Å². The largest absolute Gasteiger partial charge is 0.310 e. The van der Waals surface area contributed by atoms with E-state index in [9.17, 15) is 4.39 Å².